The van der Waals surface area contributed by atoms with E-state index in [9.17, 15) is 4.79 Å². The molecule has 0 spiro atoms. The highest BCUT2D eigenvalue weighted by Crippen LogP contribution is 2.22. The highest BCUT2D eigenvalue weighted by Gasteiger charge is 2.24. The predicted octanol–water partition coefficient (Wildman–Crippen LogP) is 2.44. The maximum Gasteiger partial charge on any atom is 0.274 e. The van der Waals surface area contributed by atoms with Crippen LogP contribution in [-0.2, 0) is 0 Å². The normalized spacial score (nSPS) is 17.5. The first-order valence-corrected chi connectivity index (χ1v) is 10.0. The van der Waals surface area contributed by atoms with E-state index in [1.54, 1.807) is 7.11 Å². The molecule has 2 aliphatic heterocycles. The lowest BCUT2D eigenvalue weighted by atomic mass is 10.1. The van der Waals surface area contributed by atoms with Gasteiger partial charge in [-0.15, -0.1) is 10.2 Å². The Morgan fingerprint density at radius 2 is 1.68 bits per heavy atom. The van der Waals surface area contributed by atoms with Crippen LogP contribution in [0.3, 0.4) is 0 Å². The molecule has 148 valence electrons. The number of nitrogens with zero attached hydrogens (tertiary/aromatic N) is 5. The highest BCUT2D eigenvalue weighted by molar-refractivity contribution is 5.92. The summed E-state index contributed by atoms with van der Waals surface area (Å²) in [7, 11) is 1.67. The molecule has 28 heavy (non-hydrogen) atoms. The van der Waals surface area contributed by atoms with Gasteiger partial charge in [-0.25, -0.2) is 0 Å². The Morgan fingerprint density at radius 1 is 0.893 bits per heavy atom. The van der Waals surface area contributed by atoms with Crippen molar-refractivity contribution in [1.82, 2.24) is 15.1 Å². The Hall–Kier alpha value is -2.83. The summed E-state index contributed by atoms with van der Waals surface area (Å²) in [5, 5.41) is 8.52. The van der Waals surface area contributed by atoms with Crippen molar-refractivity contribution in [2.45, 2.75) is 19.3 Å². The van der Waals surface area contributed by atoms with E-state index in [1.807, 2.05) is 35.2 Å². The molecule has 0 N–H and O–H groups in total. The molecule has 4 rings (SSSR count). The Balaban J connectivity index is 1.35. The Bertz CT molecular complexity index is 797. The fourth-order valence-electron chi connectivity index (χ4n) is 3.87. The lowest BCUT2D eigenvalue weighted by molar-refractivity contribution is 0.0739. The van der Waals surface area contributed by atoms with Crippen molar-refractivity contribution in [2.24, 2.45) is 0 Å². The average Bonchev–Trinajstić information content (AvgIpc) is 2.79. The van der Waals surface area contributed by atoms with Crippen molar-refractivity contribution in [1.29, 1.82) is 0 Å². The molecule has 3 heterocycles. The summed E-state index contributed by atoms with van der Waals surface area (Å²) in [6, 6.07) is 11.8. The van der Waals surface area contributed by atoms with E-state index in [4.69, 9.17) is 4.74 Å². The van der Waals surface area contributed by atoms with Crippen LogP contribution in [-0.4, -0.2) is 67.4 Å². The topological polar surface area (TPSA) is 61.8 Å². The minimum atomic E-state index is -0.0389. The summed E-state index contributed by atoms with van der Waals surface area (Å²) in [4.78, 5) is 19.2. The van der Waals surface area contributed by atoms with Gasteiger partial charge in [0.2, 0.25) is 0 Å². The van der Waals surface area contributed by atoms with Crippen LogP contribution in [0.5, 0.6) is 5.75 Å². The molecule has 7 heteroatoms. The van der Waals surface area contributed by atoms with Crippen molar-refractivity contribution >= 4 is 17.4 Å². The number of hydrogen-bond acceptors (Lipinski definition) is 6. The van der Waals surface area contributed by atoms with E-state index < -0.39 is 0 Å². The Morgan fingerprint density at radius 3 is 2.36 bits per heavy atom. The van der Waals surface area contributed by atoms with Crippen LogP contribution < -0.4 is 14.5 Å². The quantitative estimate of drug-likeness (QED) is 0.811. The Labute approximate surface area is 165 Å². The first-order chi connectivity index (χ1) is 13.7. The maximum absolute atomic E-state index is 12.8. The number of methoxy groups -OCH3 is 1. The zero-order valence-corrected chi connectivity index (χ0v) is 16.4. The molecule has 0 aliphatic carbocycles. The lowest BCUT2D eigenvalue weighted by Gasteiger charge is -2.36. The van der Waals surface area contributed by atoms with Crippen LogP contribution in [0.25, 0.3) is 0 Å². The number of benzene rings is 1. The largest absolute Gasteiger partial charge is 0.497 e. The fourth-order valence-corrected chi connectivity index (χ4v) is 3.87. The number of piperazine rings is 1. The van der Waals surface area contributed by atoms with Crippen LogP contribution >= 0.6 is 0 Å². The van der Waals surface area contributed by atoms with Crippen LogP contribution in [0, 0.1) is 0 Å². The Kier molecular flexibility index (Phi) is 5.60. The zero-order chi connectivity index (χ0) is 19.3. The van der Waals surface area contributed by atoms with Crippen molar-refractivity contribution in [3.05, 3.63) is 42.1 Å². The molecule has 0 bridgehead atoms. The van der Waals surface area contributed by atoms with Gasteiger partial charge in [0.15, 0.2) is 11.5 Å². The summed E-state index contributed by atoms with van der Waals surface area (Å²) in [5.74, 6) is 1.68. The van der Waals surface area contributed by atoms with Gasteiger partial charge in [-0.3, -0.25) is 4.79 Å². The molecular weight excluding hydrogens is 354 g/mol. The van der Waals surface area contributed by atoms with Crippen LogP contribution in [0.2, 0.25) is 0 Å². The van der Waals surface area contributed by atoms with E-state index in [0.717, 1.165) is 43.4 Å². The van der Waals surface area contributed by atoms with E-state index in [-0.39, 0.29) is 5.91 Å². The van der Waals surface area contributed by atoms with E-state index in [0.29, 0.717) is 18.8 Å². The molecule has 0 saturated carbocycles. The second-order valence-electron chi connectivity index (χ2n) is 7.31. The van der Waals surface area contributed by atoms with Gasteiger partial charge in [0.1, 0.15) is 5.75 Å². The first kappa shape index (κ1) is 18.5. The van der Waals surface area contributed by atoms with Gasteiger partial charge in [0.25, 0.3) is 5.91 Å². The molecule has 0 atom stereocenters. The summed E-state index contributed by atoms with van der Waals surface area (Å²) >= 11 is 0. The molecule has 7 nitrogen and oxygen atoms in total. The number of aromatic nitrogens is 2. The number of anilines is 2. The molecule has 0 unspecified atom stereocenters. The van der Waals surface area contributed by atoms with Gasteiger partial charge in [-0.2, -0.15) is 0 Å². The molecule has 2 saturated heterocycles. The molecule has 2 aromatic rings. The number of amides is 1. The molecule has 0 radical (unpaired) electrons. The smallest absolute Gasteiger partial charge is 0.274 e. The van der Waals surface area contributed by atoms with Crippen LogP contribution in [0.15, 0.2) is 36.4 Å². The van der Waals surface area contributed by atoms with Gasteiger partial charge in [0, 0.05) is 51.0 Å². The number of ether oxygens (including phenoxy) is 1. The summed E-state index contributed by atoms with van der Waals surface area (Å²) in [5.41, 5.74) is 1.55. The first-order valence-electron chi connectivity index (χ1n) is 10.0. The van der Waals surface area contributed by atoms with Crippen LogP contribution in [0.4, 0.5) is 11.5 Å². The van der Waals surface area contributed by atoms with Gasteiger partial charge < -0.3 is 19.4 Å². The van der Waals surface area contributed by atoms with Gasteiger partial charge >= 0.3 is 0 Å². The van der Waals surface area contributed by atoms with E-state index in [2.05, 4.69) is 26.1 Å². The fraction of sp³-hybridized carbons (Fsp3) is 0.476. The van der Waals surface area contributed by atoms with Gasteiger partial charge in [-0.1, -0.05) is 6.07 Å². The highest BCUT2D eigenvalue weighted by atomic mass is 16.5. The molecule has 1 aromatic heterocycles. The van der Waals surface area contributed by atoms with Crippen LogP contribution in [0.1, 0.15) is 29.8 Å². The minimum Gasteiger partial charge on any atom is -0.497 e. The predicted molar refractivity (Wildman–Crippen MR) is 109 cm³/mol. The molecule has 1 aromatic carbocycles. The molecular formula is C21H27N5O2. The van der Waals surface area contributed by atoms with Crippen molar-refractivity contribution < 1.29 is 9.53 Å². The van der Waals surface area contributed by atoms with E-state index in [1.165, 1.54) is 19.3 Å². The third-order valence-electron chi connectivity index (χ3n) is 5.53. The summed E-state index contributed by atoms with van der Waals surface area (Å²) < 4.78 is 5.31. The second-order valence-corrected chi connectivity index (χ2v) is 7.31. The number of carbonyl (C=O) groups excluding carboxylic acids is 1. The SMILES string of the molecule is COc1cccc(N2CCN(C(=O)c3ccc(N4CCCCC4)nn3)CC2)c1. The monoisotopic (exact) mass is 381 g/mol. The third-order valence-corrected chi connectivity index (χ3v) is 5.53. The molecule has 2 fully saturated rings. The standard InChI is InChI=1S/C21H27N5O2/c1-28-18-7-5-6-17(16-18)24-12-14-26(15-13-24)21(27)19-8-9-20(23-22-19)25-10-3-2-4-11-25/h5-9,16H,2-4,10-15H2,1H3. The van der Waals surface area contributed by atoms with E-state index >= 15 is 0 Å². The maximum atomic E-state index is 12.8. The number of carbonyl (C=O) groups is 1. The lowest BCUT2D eigenvalue weighted by Crippen LogP contribution is -2.49. The summed E-state index contributed by atoms with van der Waals surface area (Å²) in [6.07, 6.45) is 3.67. The molecule has 2 aliphatic rings. The van der Waals surface area contributed by atoms with Gasteiger partial charge in [-0.05, 0) is 43.5 Å². The van der Waals surface area contributed by atoms with Crippen molar-refractivity contribution in [2.75, 3.05) is 56.2 Å². The average molecular weight is 381 g/mol. The number of hydrogen-bond donors (Lipinski definition) is 0. The van der Waals surface area contributed by atoms with Crippen molar-refractivity contribution in [3.8, 4) is 5.75 Å². The van der Waals surface area contributed by atoms with Crippen molar-refractivity contribution in [3.63, 3.8) is 0 Å². The minimum absolute atomic E-state index is 0.0389. The summed E-state index contributed by atoms with van der Waals surface area (Å²) in [6.45, 7) is 4.97. The second kappa shape index (κ2) is 8.46. The third kappa shape index (κ3) is 4.03. The number of piperidine rings is 1. The molecule has 1 amide bonds. The zero-order valence-electron chi connectivity index (χ0n) is 16.4. The number of rotatable bonds is 4. The van der Waals surface area contributed by atoms with Gasteiger partial charge in [0.05, 0.1) is 7.11 Å².